The Morgan fingerprint density at radius 2 is 2.19 bits per heavy atom. The van der Waals surface area contributed by atoms with Crippen LogP contribution in [0.2, 0.25) is 5.02 Å². The van der Waals surface area contributed by atoms with Crippen molar-refractivity contribution in [3.8, 4) is 5.88 Å². The Balaban J connectivity index is 1.61. The van der Waals surface area contributed by atoms with E-state index in [4.69, 9.17) is 21.1 Å². The molecule has 0 bridgehead atoms. The number of amides is 1. The second-order valence-electron chi connectivity index (χ2n) is 6.37. The van der Waals surface area contributed by atoms with Crippen LogP contribution in [-0.2, 0) is 11.2 Å². The van der Waals surface area contributed by atoms with E-state index in [-0.39, 0.29) is 12.0 Å². The molecule has 1 unspecified atom stereocenters. The van der Waals surface area contributed by atoms with Gasteiger partial charge < -0.3 is 14.8 Å². The molecule has 2 aromatic rings. The van der Waals surface area contributed by atoms with Crippen LogP contribution in [0.1, 0.15) is 42.1 Å². The van der Waals surface area contributed by atoms with Gasteiger partial charge in [-0.1, -0.05) is 37.1 Å². The molecule has 0 saturated carbocycles. The van der Waals surface area contributed by atoms with Gasteiger partial charge >= 0.3 is 0 Å². The van der Waals surface area contributed by atoms with Gasteiger partial charge in [-0.15, -0.1) is 0 Å². The summed E-state index contributed by atoms with van der Waals surface area (Å²) in [4.78, 5) is 16.6. The van der Waals surface area contributed by atoms with Crippen molar-refractivity contribution in [2.24, 2.45) is 0 Å². The molecular weight excluding hydrogens is 352 g/mol. The van der Waals surface area contributed by atoms with E-state index in [2.05, 4.69) is 17.2 Å². The highest BCUT2D eigenvalue weighted by Crippen LogP contribution is 2.25. The summed E-state index contributed by atoms with van der Waals surface area (Å²) in [5.41, 5.74) is 2.40. The van der Waals surface area contributed by atoms with Gasteiger partial charge in [-0.3, -0.25) is 4.79 Å². The van der Waals surface area contributed by atoms with Crippen molar-refractivity contribution in [2.45, 2.75) is 38.7 Å². The summed E-state index contributed by atoms with van der Waals surface area (Å²) in [6.07, 6.45) is 5.64. The van der Waals surface area contributed by atoms with Crippen LogP contribution in [0, 0.1) is 0 Å². The Morgan fingerprint density at radius 1 is 1.38 bits per heavy atom. The zero-order chi connectivity index (χ0) is 18.4. The summed E-state index contributed by atoms with van der Waals surface area (Å²) in [7, 11) is 0. The number of nitrogens with one attached hydrogen (secondary N) is 1. The zero-order valence-electron chi connectivity index (χ0n) is 14.8. The average molecular weight is 375 g/mol. The second-order valence-corrected chi connectivity index (χ2v) is 6.78. The highest BCUT2D eigenvalue weighted by atomic mass is 35.5. The first-order valence-electron chi connectivity index (χ1n) is 8.96. The number of hydrogen-bond donors (Lipinski definition) is 1. The first-order valence-corrected chi connectivity index (χ1v) is 9.33. The predicted octanol–water partition coefficient (Wildman–Crippen LogP) is 4.50. The molecule has 0 spiro atoms. The molecule has 1 aliphatic heterocycles. The number of rotatable bonds is 7. The fourth-order valence-corrected chi connectivity index (χ4v) is 2.95. The number of carbonyl (C=O) groups is 1. The first kappa shape index (κ1) is 18.7. The summed E-state index contributed by atoms with van der Waals surface area (Å²) >= 11 is 6.22. The molecule has 6 heteroatoms. The van der Waals surface area contributed by atoms with Crippen LogP contribution in [0.5, 0.6) is 5.88 Å². The molecule has 1 amide bonds. The minimum atomic E-state index is -0.253. The summed E-state index contributed by atoms with van der Waals surface area (Å²) in [6.45, 7) is 3.39. The van der Waals surface area contributed by atoms with Crippen LogP contribution in [-0.4, -0.2) is 30.2 Å². The fraction of sp³-hybridized carbons (Fsp3) is 0.400. The SMILES string of the molecule is CCCCc1ccc(NC(=O)c2cnc(OC3CCOC3)c(Cl)c2)cc1. The van der Waals surface area contributed by atoms with Crippen LogP contribution in [0.15, 0.2) is 36.5 Å². The van der Waals surface area contributed by atoms with E-state index in [1.54, 1.807) is 6.07 Å². The number of anilines is 1. The van der Waals surface area contributed by atoms with E-state index in [1.165, 1.54) is 18.2 Å². The molecule has 26 heavy (non-hydrogen) atoms. The van der Waals surface area contributed by atoms with Gasteiger partial charge in [0, 0.05) is 18.3 Å². The van der Waals surface area contributed by atoms with Gasteiger partial charge in [0.25, 0.3) is 5.91 Å². The molecule has 0 radical (unpaired) electrons. The first-order chi connectivity index (χ1) is 12.7. The Morgan fingerprint density at radius 3 is 2.85 bits per heavy atom. The molecule has 1 aliphatic rings. The minimum Gasteiger partial charge on any atom is -0.471 e. The summed E-state index contributed by atoms with van der Waals surface area (Å²) < 4.78 is 11.0. The van der Waals surface area contributed by atoms with Crippen LogP contribution in [0.3, 0.4) is 0 Å². The van der Waals surface area contributed by atoms with Gasteiger partial charge in [0.2, 0.25) is 5.88 Å². The van der Waals surface area contributed by atoms with Gasteiger partial charge in [0.05, 0.1) is 18.8 Å². The number of halogens is 1. The standard InChI is InChI=1S/C20H23ClN2O3/c1-2-3-4-14-5-7-16(8-6-14)23-19(24)15-11-18(21)20(22-12-15)26-17-9-10-25-13-17/h5-8,11-12,17H,2-4,9-10,13H2,1H3,(H,23,24). The van der Waals surface area contributed by atoms with Gasteiger partial charge in [0.1, 0.15) is 11.1 Å². The van der Waals surface area contributed by atoms with E-state index in [1.807, 2.05) is 24.3 Å². The number of ether oxygens (including phenoxy) is 2. The minimum absolute atomic E-state index is 0.0362. The number of nitrogens with zero attached hydrogens (tertiary/aromatic N) is 1. The molecular formula is C20H23ClN2O3. The van der Waals surface area contributed by atoms with Crippen molar-refractivity contribution in [1.29, 1.82) is 0 Å². The summed E-state index contributed by atoms with van der Waals surface area (Å²) in [5, 5.41) is 3.18. The molecule has 5 nitrogen and oxygen atoms in total. The number of carbonyl (C=O) groups excluding carboxylic acids is 1. The van der Waals surface area contributed by atoms with Crippen LogP contribution in [0.25, 0.3) is 0 Å². The molecule has 0 aliphatic carbocycles. The highest BCUT2D eigenvalue weighted by Gasteiger charge is 2.20. The van der Waals surface area contributed by atoms with E-state index in [0.29, 0.717) is 29.7 Å². The van der Waals surface area contributed by atoms with E-state index in [9.17, 15) is 4.79 Å². The van der Waals surface area contributed by atoms with E-state index < -0.39 is 0 Å². The lowest BCUT2D eigenvalue weighted by Gasteiger charge is -2.12. The normalized spacial score (nSPS) is 16.5. The maximum Gasteiger partial charge on any atom is 0.257 e. The second kappa shape index (κ2) is 9.01. The zero-order valence-corrected chi connectivity index (χ0v) is 15.6. The van der Waals surface area contributed by atoms with Crippen LogP contribution < -0.4 is 10.1 Å². The smallest absolute Gasteiger partial charge is 0.257 e. The Hall–Kier alpha value is -2.11. The van der Waals surface area contributed by atoms with Crippen molar-refractivity contribution in [3.05, 3.63) is 52.7 Å². The summed E-state index contributed by atoms with van der Waals surface area (Å²) in [5.74, 6) is 0.0791. The number of hydrogen-bond acceptors (Lipinski definition) is 4. The maximum atomic E-state index is 12.4. The highest BCUT2D eigenvalue weighted by molar-refractivity contribution is 6.32. The third-order valence-electron chi connectivity index (χ3n) is 4.27. The molecule has 1 aromatic carbocycles. The average Bonchev–Trinajstić information content (AvgIpc) is 3.16. The molecule has 1 fully saturated rings. The van der Waals surface area contributed by atoms with Gasteiger partial charge in [-0.05, 0) is 36.6 Å². The molecule has 1 atom stereocenters. The molecule has 1 aromatic heterocycles. The maximum absolute atomic E-state index is 12.4. The van der Waals surface area contributed by atoms with Crippen molar-refractivity contribution in [1.82, 2.24) is 4.98 Å². The Bertz CT molecular complexity index is 743. The number of aromatic nitrogens is 1. The Labute approximate surface area is 158 Å². The number of unbranched alkanes of at least 4 members (excludes halogenated alkanes) is 1. The third kappa shape index (κ3) is 4.96. The van der Waals surface area contributed by atoms with E-state index >= 15 is 0 Å². The molecule has 138 valence electrons. The number of benzene rings is 1. The summed E-state index contributed by atoms with van der Waals surface area (Å²) in [6, 6.07) is 9.48. The topological polar surface area (TPSA) is 60.5 Å². The molecule has 2 heterocycles. The van der Waals surface area contributed by atoms with Gasteiger partial charge in [-0.25, -0.2) is 4.98 Å². The molecule has 1 saturated heterocycles. The van der Waals surface area contributed by atoms with Crippen LogP contribution >= 0.6 is 11.6 Å². The quantitative estimate of drug-likeness (QED) is 0.775. The predicted molar refractivity (Wildman–Crippen MR) is 102 cm³/mol. The van der Waals surface area contributed by atoms with E-state index in [0.717, 1.165) is 24.9 Å². The van der Waals surface area contributed by atoms with Crippen molar-refractivity contribution < 1.29 is 14.3 Å². The Kier molecular flexibility index (Phi) is 6.47. The monoisotopic (exact) mass is 374 g/mol. The van der Waals surface area contributed by atoms with Gasteiger partial charge in [0.15, 0.2) is 0 Å². The van der Waals surface area contributed by atoms with Crippen molar-refractivity contribution in [3.63, 3.8) is 0 Å². The van der Waals surface area contributed by atoms with Gasteiger partial charge in [-0.2, -0.15) is 0 Å². The fourth-order valence-electron chi connectivity index (χ4n) is 2.74. The third-order valence-corrected chi connectivity index (χ3v) is 4.54. The largest absolute Gasteiger partial charge is 0.471 e. The number of pyridine rings is 1. The lowest BCUT2D eigenvalue weighted by molar-refractivity contribution is 0.102. The number of aryl methyl sites for hydroxylation is 1. The molecule has 3 rings (SSSR count). The molecule has 1 N–H and O–H groups in total. The van der Waals surface area contributed by atoms with Crippen molar-refractivity contribution >= 4 is 23.2 Å². The van der Waals surface area contributed by atoms with Crippen molar-refractivity contribution in [2.75, 3.05) is 18.5 Å². The lowest BCUT2D eigenvalue weighted by Crippen LogP contribution is -2.17. The van der Waals surface area contributed by atoms with Crippen LogP contribution in [0.4, 0.5) is 5.69 Å². The lowest BCUT2D eigenvalue weighted by atomic mass is 10.1.